The molecule has 1 aromatic carbocycles. The Morgan fingerprint density at radius 1 is 1.21 bits per heavy atom. The maximum atomic E-state index is 13.4. The third-order valence-corrected chi connectivity index (χ3v) is 3.70. The fourth-order valence-corrected chi connectivity index (χ4v) is 2.81. The van der Waals surface area contributed by atoms with Crippen LogP contribution in [-0.2, 0) is 0 Å². The number of hydrogen-bond acceptors (Lipinski definition) is 3. The van der Waals surface area contributed by atoms with Gasteiger partial charge in [-0.2, -0.15) is 0 Å². The summed E-state index contributed by atoms with van der Waals surface area (Å²) < 4.78 is 13.4. The largest absolute Gasteiger partial charge is 0.334 e. The second-order valence-electron chi connectivity index (χ2n) is 5.01. The van der Waals surface area contributed by atoms with Gasteiger partial charge >= 0.3 is 0 Å². The van der Waals surface area contributed by atoms with E-state index in [9.17, 15) is 4.39 Å². The van der Waals surface area contributed by atoms with Crippen molar-refractivity contribution in [1.82, 2.24) is 9.97 Å². The summed E-state index contributed by atoms with van der Waals surface area (Å²) in [5, 5.41) is 0. The minimum absolute atomic E-state index is 0.151. The highest BCUT2D eigenvalue weighted by molar-refractivity contribution is 5.38. The zero-order valence-corrected chi connectivity index (χ0v) is 10.8. The van der Waals surface area contributed by atoms with E-state index < -0.39 is 0 Å². The fraction of sp³-hybridized carbons (Fsp3) is 0.333. The summed E-state index contributed by atoms with van der Waals surface area (Å²) in [4.78, 5) is 10.8. The van der Waals surface area contributed by atoms with Crippen molar-refractivity contribution in [2.24, 2.45) is 5.92 Å². The molecule has 19 heavy (non-hydrogen) atoms. The smallest absolute Gasteiger partial charge is 0.225 e. The zero-order chi connectivity index (χ0) is 13.2. The number of benzene rings is 1. The van der Waals surface area contributed by atoms with Crippen LogP contribution >= 0.6 is 0 Å². The van der Waals surface area contributed by atoms with Crippen LogP contribution in [0.5, 0.6) is 0 Å². The molecule has 3 nitrogen and oxygen atoms in total. The van der Waals surface area contributed by atoms with E-state index in [1.54, 1.807) is 30.6 Å². The van der Waals surface area contributed by atoms with E-state index in [-0.39, 0.29) is 11.9 Å². The summed E-state index contributed by atoms with van der Waals surface area (Å²) in [7, 11) is 0. The summed E-state index contributed by atoms with van der Waals surface area (Å²) in [5.74, 6) is 0.997. The molecular weight excluding hydrogens is 241 g/mol. The van der Waals surface area contributed by atoms with Gasteiger partial charge in [-0.25, -0.2) is 14.4 Å². The molecule has 0 radical (unpaired) electrons. The maximum absolute atomic E-state index is 13.4. The van der Waals surface area contributed by atoms with Gasteiger partial charge in [-0.1, -0.05) is 19.1 Å². The monoisotopic (exact) mass is 257 g/mol. The van der Waals surface area contributed by atoms with Crippen LogP contribution < -0.4 is 4.90 Å². The molecule has 2 aromatic rings. The van der Waals surface area contributed by atoms with Gasteiger partial charge in [0.05, 0.1) is 6.04 Å². The fourth-order valence-electron chi connectivity index (χ4n) is 2.81. The van der Waals surface area contributed by atoms with Crippen molar-refractivity contribution in [2.45, 2.75) is 19.4 Å². The number of anilines is 1. The lowest BCUT2D eigenvalue weighted by atomic mass is 9.95. The molecule has 3 rings (SSSR count). The Balaban J connectivity index is 1.97. The molecule has 0 aliphatic carbocycles. The average molecular weight is 257 g/mol. The standard InChI is InChI=1S/C15H16FN3/c1-11-6-9-19(15-17-7-3-8-18-15)14(11)12-4-2-5-13(16)10-12/h2-5,7-8,10-11,14H,6,9H2,1H3. The van der Waals surface area contributed by atoms with Crippen molar-refractivity contribution in [1.29, 1.82) is 0 Å². The molecule has 1 saturated heterocycles. The van der Waals surface area contributed by atoms with E-state index in [4.69, 9.17) is 0 Å². The molecule has 2 heterocycles. The van der Waals surface area contributed by atoms with Crippen molar-refractivity contribution in [3.05, 3.63) is 54.1 Å². The first kappa shape index (κ1) is 12.1. The normalized spacial score (nSPS) is 22.7. The molecular formula is C15H16FN3. The van der Waals surface area contributed by atoms with Crippen LogP contribution in [0.25, 0.3) is 0 Å². The van der Waals surface area contributed by atoms with Crippen molar-refractivity contribution in [2.75, 3.05) is 11.4 Å². The van der Waals surface area contributed by atoms with Gasteiger partial charge in [0, 0.05) is 18.9 Å². The summed E-state index contributed by atoms with van der Waals surface area (Å²) in [5.41, 5.74) is 0.998. The van der Waals surface area contributed by atoms with Crippen molar-refractivity contribution < 1.29 is 4.39 Å². The Bertz CT molecular complexity index is 558. The lowest BCUT2D eigenvalue weighted by molar-refractivity contribution is 0.524. The van der Waals surface area contributed by atoms with Crippen LogP contribution in [0.2, 0.25) is 0 Å². The van der Waals surface area contributed by atoms with Gasteiger partial charge in [-0.3, -0.25) is 0 Å². The topological polar surface area (TPSA) is 29.0 Å². The number of hydrogen-bond donors (Lipinski definition) is 0. The quantitative estimate of drug-likeness (QED) is 0.827. The van der Waals surface area contributed by atoms with Crippen molar-refractivity contribution in [3.63, 3.8) is 0 Å². The Morgan fingerprint density at radius 2 is 2.00 bits per heavy atom. The van der Waals surface area contributed by atoms with Gasteiger partial charge in [0.15, 0.2) is 0 Å². The van der Waals surface area contributed by atoms with E-state index in [2.05, 4.69) is 21.8 Å². The molecule has 1 aliphatic heterocycles. The molecule has 0 amide bonds. The SMILES string of the molecule is CC1CCN(c2ncccn2)C1c1cccc(F)c1. The highest BCUT2D eigenvalue weighted by Gasteiger charge is 2.33. The third kappa shape index (κ3) is 2.30. The molecule has 0 spiro atoms. The number of halogens is 1. The van der Waals surface area contributed by atoms with E-state index in [0.29, 0.717) is 5.92 Å². The van der Waals surface area contributed by atoms with Crippen LogP contribution in [0.1, 0.15) is 24.9 Å². The Labute approximate surface area is 112 Å². The minimum Gasteiger partial charge on any atom is -0.334 e. The molecule has 2 unspecified atom stereocenters. The van der Waals surface area contributed by atoms with Crippen LogP contribution in [0.3, 0.4) is 0 Å². The van der Waals surface area contributed by atoms with Crippen molar-refractivity contribution >= 4 is 5.95 Å². The van der Waals surface area contributed by atoms with E-state index >= 15 is 0 Å². The Morgan fingerprint density at radius 3 is 2.74 bits per heavy atom. The van der Waals surface area contributed by atoms with Gasteiger partial charge in [0.2, 0.25) is 5.95 Å². The van der Waals surface area contributed by atoms with E-state index in [1.165, 1.54) is 6.07 Å². The molecule has 0 N–H and O–H groups in total. The molecule has 4 heteroatoms. The number of aromatic nitrogens is 2. The highest BCUT2D eigenvalue weighted by Crippen LogP contribution is 2.38. The lowest BCUT2D eigenvalue weighted by Crippen LogP contribution is -2.26. The predicted octanol–water partition coefficient (Wildman–Crippen LogP) is 3.20. The summed E-state index contributed by atoms with van der Waals surface area (Å²) in [6.45, 7) is 3.10. The third-order valence-electron chi connectivity index (χ3n) is 3.70. The van der Waals surface area contributed by atoms with Gasteiger partial charge in [-0.05, 0) is 36.1 Å². The van der Waals surface area contributed by atoms with E-state index in [0.717, 1.165) is 24.5 Å². The second-order valence-corrected chi connectivity index (χ2v) is 5.01. The van der Waals surface area contributed by atoms with Crippen LogP contribution in [-0.4, -0.2) is 16.5 Å². The van der Waals surface area contributed by atoms with Crippen LogP contribution in [0.4, 0.5) is 10.3 Å². The molecule has 2 atom stereocenters. The molecule has 0 saturated carbocycles. The Kier molecular flexibility index (Phi) is 3.15. The molecule has 98 valence electrons. The first-order valence-electron chi connectivity index (χ1n) is 6.55. The highest BCUT2D eigenvalue weighted by atomic mass is 19.1. The molecule has 1 aliphatic rings. The average Bonchev–Trinajstić information content (AvgIpc) is 2.82. The molecule has 0 bridgehead atoms. The van der Waals surface area contributed by atoms with Gasteiger partial charge in [0.25, 0.3) is 0 Å². The first-order chi connectivity index (χ1) is 9.25. The van der Waals surface area contributed by atoms with Gasteiger partial charge in [0.1, 0.15) is 5.82 Å². The van der Waals surface area contributed by atoms with Crippen LogP contribution in [0, 0.1) is 11.7 Å². The maximum Gasteiger partial charge on any atom is 0.225 e. The summed E-state index contributed by atoms with van der Waals surface area (Å²) in [6.07, 6.45) is 4.56. The zero-order valence-electron chi connectivity index (χ0n) is 10.8. The number of nitrogens with zero attached hydrogens (tertiary/aromatic N) is 3. The Hall–Kier alpha value is -1.97. The number of rotatable bonds is 2. The molecule has 1 fully saturated rings. The van der Waals surface area contributed by atoms with Gasteiger partial charge < -0.3 is 4.90 Å². The second kappa shape index (κ2) is 4.96. The minimum atomic E-state index is -0.189. The van der Waals surface area contributed by atoms with Crippen LogP contribution in [0.15, 0.2) is 42.7 Å². The van der Waals surface area contributed by atoms with Gasteiger partial charge in [-0.15, -0.1) is 0 Å². The lowest BCUT2D eigenvalue weighted by Gasteiger charge is -2.27. The molecule has 1 aromatic heterocycles. The van der Waals surface area contributed by atoms with E-state index in [1.807, 2.05) is 6.07 Å². The first-order valence-corrected chi connectivity index (χ1v) is 6.55. The van der Waals surface area contributed by atoms with Crippen molar-refractivity contribution in [3.8, 4) is 0 Å². The summed E-state index contributed by atoms with van der Waals surface area (Å²) >= 11 is 0. The summed E-state index contributed by atoms with van der Waals surface area (Å²) in [6, 6.07) is 8.79. The predicted molar refractivity (Wildman–Crippen MR) is 72.3 cm³/mol.